The number of anilines is 1. The monoisotopic (exact) mass is 163 g/mol. The molecule has 1 aromatic rings. The summed E-state index contributed by atoms with van der Waals surface area (Å²) in [6.45, 7) is 1.25. The van der Waals surface area contributed by atoms with Crippen molar-refractivity contribution in [3.63, 3.8) is 0 Å². The Morgan fingerprint density at radius 2 is 1.67 bits per heavy atom. The van der Waals surface area contributed by atoms with Gasteiger partial charge in [0, 0.05) is 18.2 Å². The zero-order valence-electron chi connectivity index (χ0n) is 6.70. The molecule has 0 amide bonds. The third-order valence-corrected chi connectivity index (χ3v) is 1.49. The lowest BCUT2D eigenvalue weighted by Crippen LogP contribution is -2.09. The van der Waals surface area contributed by atoms with Crippen LogP contribution in [0.25, 0.3) is 0 Å². The van der Waals surface area contributed by atoms with Gasteiger partial charge in [0.15, 0.2) is 5.78 Å². The fourth-order valence-corrected chi connectivity index (χ4v) is 0.838. The summed E-state index contributed by atoms with van der Waals surface area (Å²) < 4.78 is 0. The molecule has 3 heteroatoms. The van der Waals surface area contributed by atoms with Gasteiger partial charge < -0.3 is 5.73 Å². The Hall–Kier alpha value is -1.64. The van der Waals surface area contributed by atoms with Crippen LogP contribution in [0.2, 0.25) is 0 Å². The van der Waals surface area contributed by atoms with Crippen molar-refractivity contribution in [3.8, 4) is 0 Å². The highest BCUT2D eigenvalue weighted by Crippen LogP contribution is 2.06. The van der Waals surface area contributed by atoms with Crippen molar-refractivity contribution in [2.24, 2.45) is 0 Å². The van der Waals surface area contributed by atoms with E-state index in [2.05, 4.69) is 0 Å². The summed E-state index contributed by atoms with van der Waals surface area (Å²) in [6.07, 6.45) is 0. The van der Waals surface area contributed by atoms with Crippen LogP contribution in [0.3, 0.4) is 0 Å². The van der Waals surface area contributed by atoms with Gasteiger partial charge in [0.05, 0.1) is 0 Å². The second kappa shape index (κ2) is 3.17. The summed E-state index contributed by atoms with van der Waals surface area (Å²) >= 11 is 0. The van der Waals surface area contributed by atoms with Crippen molar-refractivity contribution >= 4 is 17.3 Å². The summed E-state index contributed by atoms with van der Waals surface area (Å²) in [4.78, 5) is 21.7. The topological polar surface area (TPSA) is 60.2 Å². The van der Waals surface area contributed by atoms with Gasteiger partial charge in [-0.25, -0.2) is 0 Å². The molecule has 62 valence electrons. The second-order valence-electron chi connectivity index (χ2n) is 2.51. The van der Waals surface area contributed by atoms with E-state index in [1.807, 2.05) is 0 Å². The van der Waals surface area contributed by atoms with Crippen LogP contribution in [0.15, 0.2) is 24.3 Å². The zero-order valence-corrected chi connectivity index (χ0v) is 6.70. The van der Waals surface area contributed by atoms with Crippen LogP contribution in [0.5, 0.6) is 0 Å². The maximum Gasteiger partial charge on any atom is 0.228 e. The number of carbonyl (C=O) groups is 2. The van der Waals surface area contributed by atoms with Gasteiger partial charge >= 0.3 is 0 Å². The van der Waals surface area contributed by atoms with Gasteiger partial charge in [-0.2, -0.15) is 0 Å². The van der Waals surface area contributed by atoms with Crippen molar-refractivity contribution < 1.29 is 9.59 Å². The Bertz CT molecular complexity index is 314. The summed E-state index contributed by atoms with van der Waals surface area (Å²) in [7, 11) is 0. The van der Waals surface area contributed by atoms with Crippen molar-refractivity contribution in [2.75, 3.05) is 5.73 Å². The molecule has 1 rings (SSSR count). The molecule has 0 radical (unpaired) electrons. The van der Waals surface area contributed by atoms with Gasteiger partial charge in [0.1, 0.15) is 0 Å². The van der Waals surface area contributed by atoms with Crippen LogP contribution in [0, 0.1) is 0 Å². The van der Waals surface area contributed by atoms with E-state index in [0.29, 0.717) is 11.3 Å². The summed E-state index contributed by atoms with van der Waals surface area (Å²) in [5, 5.41) is 0. The standard InChI is InChI=1S/C9H9NO2/c1-6(11)9(12)7-2-4-8(10)5-3-7/h2-5H,10H2,1H3. The quantitative estimate of drug-likeness (QED) is 0.402. The normalized spacial score (nSPS) is 9.42. The molecule has 3 nitrogen and oxygen atoms in total. The molecule has 0 saturated heterocycles. The molecule has 0 aliphatic rings. The molecule has 0 saturated carbocycles. The lowest BCUT2D eigenvalue weighted by molar-refractivity contribution is -0.113. The van der Waals surface area contributed by atoms with Crippen LogP contribution in [0.1, 0.15) is 17.3 Å². The Morgan fingerprint density at radius 3 is 2.08 bits per heavy atom. The third kappa shape index (κ3) is 1.69. The Balaban J connectivity index is 2.98. The number of Topliss-reactive ketones (excluding diaryl/α,β-unsaturated/α-hetero) is 2. The number of nitrogens with two attached hydrogens (primary N) is 1. The predicted molar refractivity (Wildman–Crippen MR) is 45.9 cm³/mol. The van der Waals surface area contributed by atoms with Gasteiger partial charge in [-0.1, -0.05) is 0 Å². The highest BCUT2D eigenvalue weighted by Gasteiger charge is 2.09. The van der Waals surface area contributed by atoms with Crippen molar-refractivity contribution in [1.82, 2.24) is 0 Å². The second-order valence-corrected chi connectivity index (χ2v) is 2.51. The van der Waals surface area contributed by atoms with Gasteiger partial charge in [0.25, 0.3) is 0 Å². The molecular weight excluding hydrogens is 154 g/mol. The van der Waals surface area contributed by atoms with Crippen molar-refractivity contribution in [3.05, 3.63) is 29.8 Å². The van der Waals surface area contributed by atoms with E-state index in [9.17, 15) is 9.59 Å². The molecule has 0 aliphatic carbocycles. The van der Waals surface area contributed by atoms with Gasteiger partial charge in [-0.15, -0.1) is 0 Å². The largest absolute Gasteiger partial charge is 0.399 e. The molecule has 0 spiro atoms. The molecule has 0 bridgehead atoms. The fraction of sp³-hybridized carbons (Fsp3) is 0.111. The Kier molecular flexibility index (Phi) is 2.24. The summed E-state index contributed by atoms with van der Waals surface area (Å²) in [5.74, 6) is -0.935. The van der Waals surface area contributed by atoms with Crippen LogP contribution in [0.4, 0.5) is 5.69 Å². The first kappa shape index (κ1) is 8.46. The van der Waals surface area contributed by atoms with Crippen LogP contribution in [-0.4, -0.2) is 11.6 Å². The van der Waals surface area contributed by atoms with Gasteiger partial charge in [-0.05, 0) is 24.3 Å². The van der Waals surface area contributed by atoms with E-state index in [4.69, 9.17) is 5.73 Å². The number of carbonyl (C=O) groups excluding carboxylic acids is 2. The van der Waals surface area contributed by atoms with E-state index in [0.717, 1.165) is 0 Å². The Morgan fingerprint density at radius 1 is 1.17 bits per heavy atom. The molecule has 12 heavy (non-hydrogen) atoms. The number of benzene rings is 1. The number of hydrogen-bond acceptors (Lipinski definition) is 3. The first-order valence-electron chi connectivity index (χ1n) is 3.52. The van der Waals surface area contributed by atoms with E-state index in [1.54, 1.807) is 24.3 Å². The fourth-order valence-electron chi connectivity index (χ4n) is 0.838. The van der Waals surface area contributed by atoms with Crippen LogP contribution >= 0.6 is 0 Å². The molecule has 0 aromatic heterocycles. The maximum absolute atomic E-state index is 11.1. The zero-order chi connectivity index (χ0) is 9.14. The summed E-state index contributed by atoms with van der Waals surface area (Å²) in [6, 6.07) is 6.27. The number of ketones is 2. The molecule has 0 heterocycles. The molecule has 1 aromatic carbocycles. The molecular formula is C9H9NO2. The first-order valence-corrected chi connectivity index (χ1v) is 3.52. The summed E-state index contributed by atoms with van der Waals surface area (Å²) in [5.41, 5.74) is 6.37. The highest BCUT2D eigenvalue weighted by molar-refractivity contribution is 6.42. The van der Waals surface area contributed by atoms with E-state index < -0.39 is 11.6 Å². The van der Waals surface area contributed by atoms with Crippen LogP contribution in [-0.2, 0) is 4.79 Å². The van der Waals surface area contributed by atoms with E-state index >= 15 is 0 Å². The molecule has 2 N–H and O–H groups in total. The van der Waals surface area contributed by atoms with Crippen LogP contribution < -0.4 is 5.73 Å². The number of rotatable bonds is 2. The van der Waals surface area contributed by atoms with E-state index in [-0.39, 0.29) is 0 Å². The molecule has 0 atom stereocenters. The first-order chi connectivity index (χ1) is 5.61. The Labute approximate surface area is 70.2 Å². The smallest absolute Gasteiger partial charge is 0.228 e. The average molecular weight is 163 g/mol. The molecule has 0 fully saturated rings. The maximum atomic E-state index is 11.1. The van der Waals surface area contributed by atoms with Gasteiger partial charge in [0.2, 0.25) is 5.78 Å². The lowest BCUT2D eigenvalue weighted by atomic mass is 10.1. The number of hydrogen-bond donors (Lipinski definition) is 1. The van der Waals surface area contributed by atoms with Crippen molar-refractivity contribution in [1.29, 1.82) is 0 Å². The third-order valence-electron chi connectivity index (χ3n) is 1.49. The predicted octanol–water partition coefficient (Wildman–Crippen LogP) is 1.04. The number of nitrogen functional groups attached to an aromatic ring is 1. The lowest BCUT2D eigenvalue weighted by Gasteiger charge is -1.96. The minimum Gasteiger partial charge on any atom is -0.399 e. The highest BCUT2D eigenvalue weighted by atomic mass is 16.2. The van der Waals surface area contributed by atoms with Crippen molar-refractivity contribution in [2.45, 2.75) is 6.92 Å². The van der Waals surface area contributed by atoms with Gasteiger partial charge in [-0.3, -0.25) is 9.59 Å². The SMILES string of the molecule is CC(=O)C(=O)c1ccc(N)cc1. The minimum atomic E-state index is -0.477. The average Bonchev–Trinajstić information content (AvgIpc) is 2.04. The molecule has 0 unspecified atom stereocenters. The minimum absolute atomic E-state index is 0.386. The van der Waals surface area contributed by atoms with E-state index in [1.165, 1.54) is 6.92 Å². The molecule has 0 aliphatic heterocycles.